The second kappa shape index (κ2) is 4.98. The first-order chi connectivity index (χ1) is 8.22. The molecule has 0 aromatic carbocycles. The van der Waals surface area contributed by atoms with E-state index < -0.39 is 0 Å². The SMILES string of the molecule is CCOC(=O)N1CCC(n2nnnc2N)CC1. The number of nitrogens with zero attached hydrogens (tertiary/aromatic N) is 5. The first-order valence-corrected chi connectivity index (χ1v) is 5.67. The zero-order chi connectivity index (χ0) is 12.3. The van der Waals surface area contributed by atoms with Crippen molar-refractivity contribution in [2.24, 2.45) is 0 Å². The summed E-state index contributed by atoms with van der Waals surface area (Å²) in [5.41, 5.74) is 5.64. The monoisotopic (exact) mass is 240 g/mol. The Hall–Kier alpha value is -1.86. The van der Waals surface area contributed by atoms with Gasteiger partial charge in [-0.15, -0.1) is 0 Å². The maximum absolute atomic E-state index is 11.5. The molecule has 0 saturated carbocycles. The smallest absolute Gasteiger partial charge is 0.409 e. The average molecular weight is 240 g/mol. The molecule has 1 amide bonds. The summed E-state index contributed by atoms with van der Waals surface area (Å²) in [5.74, 6) is 0.319. The Kier molecular flexibility index (Phi) is 3.40. The number of amides is 1. The molecule has 1 aliphatic heterocycles. The van der Waals surface area contributed by atoms with Crippen molar-refractivity contribution in [3.05, 3.63) is 0 Å². The third-order valence-corrected chi connectivity index (χ3v) is 2.85. The number of nitrogen functional groups attached to an aromatic ring is 1. The summed E-state index contributed by atoms with van der Waals surface area (Å²) < 4.78 is 6.56. The topological polar surface area (TPSA) is 99.2 Å². The molecule has 1 fully saturated rings. The maximum atomic E-state index is 11.5. The minimum atomic E-state index is -0.254. The first-order valence-electron chi connectivity index (χ1n) is 5.67. The minimum absolute atomic E-state index is 0.163. The summed E-state index contributed by atoms with van der Waals surface area (Å²) in [5, 5.41) is 11.0. The number of carbonyl (C=O) groups is 1. The van der Waals surface area contributed by atoms with Crippen molar-refractivity contribution >= 4 is 12.0 Å². The average Bonchev–Trinajstić information content (AvgIpc) is 2.76. The van der Waals surface area contributed by atoms with Gasteiger partial charge in [-0.2, -0.15) is 0 Å². The number of tetrazole rings is 1. The van der Waals surface area contributed by atoms with E-state index in [9.17, 15) is 4.79 Å². The number of ether oxygens (including phenoxy) is 1. The lowest BCUT2D eigenvalue weighted by Crippen LogP contribution is -2.39. The second-order valence-corrected chi connectivity index (χ2v) is 3.90. The van der Waals surface area contributed by atoms with Crippen LogP contribution in [0.25, 0.3) is 0 Å². The lowest BCUT2D eigenvalue weighted by Gasteiger charge is -2.30. The van der Waals surface area contributed by atoms with E-state index >= 15 is 0 Å². The van der Waals surface area contributed by atoms with E-state index in [4.69, 9.17) is 10.5 Å². The summed E-state index contributed by atoms with van der Waals surface area (Å²) in [6.07, 6.45) is 1.32. The zero-order valence-electron chi connectivity index (χ0n) is 9.74. The number of aromatic nitrogens is 4. The molecule has 2 heterocycles. The zero-order valence-corrected chi connectivity index (χ0v) is 9.74. The van der Waals surface area contributed by atoms with Gasteiger partial charge in [-0.05, 0) is 30.2 Å². The molecule has 8 heteroatoms. The largest absolute Gasteiger partial charge is 0.450 e. The van der Waals surface area contributed by atoms with Crippen molar-refractivity contribution in [1.29, 1.82) is 0 Å². The first kappa shape index (κ1) is 11.6. The van der Waals surface area contributed by atoms with Crippen LogP contribution >= 0.6 is 0 Å². The highest BCUT2D eigenvalue weighted by Gasteiger charge is 2.26. The molecule has 94 valence electrons. The standard InChI is InChI=1S/C9H16N6O2/c1-2-17-9(16)14-5-3-7(4-6-14)15-8(10)11-12-13-15/h7H,2-6H2,1H3,(H2,10,11,13). The molecule has 17 heavy (non-hydrogen) atoms. The molecule has 1 saturated heterocycles. The second-order valence-electron chi connectivity index (χ2n) is 3.90. The Bertz CT molecular complexity index is 385. The highest BCUT2D eigenvalue weighted by molar-refractivity contribution is 5.67. The normalized spacial score (nSPS) is 17.1. The van der Waals surface area contributed by atoms with Crippen LogP contribution in [0.15, 0.2) is 0 Å². The number of anilines is 1. The highest BCUT2D eigenvalue weighted by Crippen LogP contribution is 2.23. The summed E-state index contributed by atoms with van der Waals surface area (Å²) in [4.78, 5) is 13.2. The van der Waals surface area contributed by atoms with Crippen molar-refractivity contribution in [2.45, 2.75) is 25.8 Å². The molecule has 0 radical (unpaired) electrons. The van der Waals surface area contributed by atoms with Crippen molar-refractivity contribution in [3.8, 4) is 0 Å². The summed E-state index contributed by atoms with van der Waals surface area (Å²) >= 11 is 0. The van der Waals surface area contributed by atoms with Gasteiger partial charge >= 0.3 is 6.09 Å². The van der Waals surface area contributed by atoms with E-state index in [0.717, 1.165) is 12.8 Å². The van der Waals surface area contributed by atoms with Gasteiger partial charge in [-0.1, -0.05) is 5.10 Å². The number of nitrogens with two attached hydrogens (primary N) is 1. The molecule has 2 N–H and O–H groups in total. The van der Waals surface area contributed by atoms with Crippen LogP contribution in [-0.4, -0.2) is 50.9 Å². The highest BCUT2D eigenvalue weighted by atomic mass is 16.6. The number of piperidine rings is 1. The van der Waals surface area contributed by atoms with Crippen molar-refractivity contribution in [1.82, 2.24) is 25.1 Å². The van der Waals surface area contributed by atoms with Gasteiger partial charge in [0.05, 0.1) is 12.6 Å². The summed E-state index contributed by atoms with van der Waals surface area (Å²) in [6, 6.07) is 0.163. The third-order valence-electron chi connectivity index (χ3n) is 2.85. The van der Waals surface area contributed by atoms with Crippen LogP contribution in [0.3, 0.4) is 0 Å². The number of likely N-dealkylation sites (tertiary alicyclic amines) is 1. The van der Waals surface area contributed by atoms with Gasteiger partial charge in [-0.3, -0.25) is 0 Å². The molecule has 1 aromatic heterocycles. The molecule has 0 aliphatic carbocycles. The van der Waals surface area contributed by atoms with Crippen molar-refractivity contribution in [2.75, 3.05) is 25.4 Å². The van der Waals surface area contributed by atoms with Gasteiger partial charge in [0.15, 0.2) is 0 Å². The number of carbonyl (C=O) groups excluding carboxylic acids is 1. The fourth-order valence-corrected chi connectivity index (χ4v) is 1.97. The number of hydrogen-bond acceptors (Lipinski definition) is 6. The molecule has 2 rings (SSSR count). The summed E-state index contributed by atoms with van der Waals surface area (Å²) in [6.45, 7) is 3.48. The fraction of sp³-hybridized carbons (Fsp3) is 0.778. The molecule has 0 atom stereocenters. The van der Waals surface area contributed by atoms with Gasteiger partial charge < -0.3 is 15.4 Å². The van der Waals surface area contributed by atoms with E-state index in [2.05, 4.69) is 15.5 Å². The quantitative estimate of drug-likeness (QED) is 0.784. The third kappa shape index (κ3) is 2.45. The predicted molar refractivity (Wildman–Crippen MR) is 59.1 cm³/mol. The lowest BCUT2D eigenvalue weighted by atomic mass is 10.1. The Labute approximate surface area is 98.7 Å². The lowest BCUT2D eigenvalue weighted by molar-refractivity contribution is 0.0916. The van der Waals surface area contributed by atoms with Crippen LogP contribution in [-0.2, 0) is 4.74 Å². The number of hydrogen-bond donors (Lipinski definition) is 1. The molecule has 1 aromatic rings. The van der Waals surface area contributed by atoms with Crippen LogP contribution in [0.2, 0.25) is 0 Å². The van der Waals surface area contributed by atoms with Crippen LogP contribution in [0.5, 0.6) is 0 Å². The van der Waals surface area contributed by atoms with E-state index in [1.807, 2.05) is 0 Å². The molecule has 0 unspecified atom stereocenters. The molecule has 0 spiro atoms. The van der Waals surface area contributed by atoms with E-state index in [1.54, 1.807) is 16.5 Å². The van der Waals surface area contributed by atoms with E-state index in [-0.39, 0.29) is 12.1 Å². The van der Waals surface area contributed by atoms with Crippen molar-refractivity contribution in [3.63, 3.8) is 0 Å². The van der Waals surface area contributed by atoms with E-state index in [1.165, 1.54) is 0 Å². The maximum Gasteiger partial charge on any atom is 0.409 e. The Morgan fingerprint density at radius 3 is 2.76 bits per heavy atom. The van der Waals surface area contributed by atoms with Gasteiger partial charge in [0, 0.05) is 13.1 Å². The van der Waals surface area contributed by atoms with Gasteiger partial charge in [0.1, 0.15) is 0 Å². The molecule has 1 aliphatic rings. The Morgan fingerprint density at radius 1 is 1.53 bits per heavy atom. The fourth-order valence-electron chi connectivity index (χ4n) is 1.97. The van der Waals surface area contributed by atoms with Crippen molar-refractivity contribution < 1.29 is 9.53 Å². The number of rotatable bonds is 2. The summed E-state index contributed by atoms with van der Waals surface area (Å²) in [7, 11) is 0. The molecule has 8 nitrogen and oxygen atoms in total. The molecular formula is C9H16N6O2. The Balaban J connectivity index is 1.90. The van der Waals surface area contributed by atoms with Crippen LogP contribution in [0.1, 0.15) is 25.8 Å². The van der Waals surface area contributed by atoms with Gasteiger partial charge in [0.25, 0.3) is 0 Å². The van der Waals surface area contributed by atoms with Crippen LogP contribution in [0, 0.1) is 0 Å². The van der Waals surface area contributed by atoms with Crippen LogP contribution in [0.4, 0.5) is 10.7 Å². The van der Waals surface area contributed by atoms with Gasteiger partial charge in [-0.25, -0.2) is 9.48 Å². The van der Waals surface area contributed by atoms with Gasteiger partial charge in [0.2, 0.25) is 5.95 Å². The minimum Gasteiger partial charge on any atom is -0.450 e. The predicted octanol–water partition coefficient (Wildman–Crippen LogP) is 0.0487. The Morgan fingerprint density at radius 2 is 2.24 bits per heavy atom. The molecular weight excluding hydrogens is 224 g/mol. The van der Waals surface area contributed by atoms with Crippen LogP contribution < -0.4 is 5.73 Å². The molecule has 0 bridgehead atoms. The van der Waals surface area contributed by atoms with E-state index in [0.29, 0.717) is 25.6 Å².